The van der Waals surface area contributed by atoms with Crippen LogP contribution in [0.5, 0.6) is 5.75 Å². The van der Waals surface area contributed by atoms with E-state index in [1.807, 2.05) is 0 Å². The number of nitrogens with one attached hydrogen (secondary N) is 1. The number of nitrogens with zero attached hydrogens (tertiary/aromatic N) is 2. The molecular weight excluding hydrogens is 439 g/mol. The SMILES string of the molecule is CCCN1C[C@H](C)[C@H](OC)CN(C)C(=O)c2cc(NC(=O)CC(F)(F)F)ccc2OC[C@H]1C. The average Bonchev–Trinajstić information content (AvgIpc) is 2.73. The highest BCUT2D eigenvalue weighted by atomic mass is 19.4. The zero-order valence-corrected chi connectivity index (χ0v) is 19.9. The highest BCUT2D eigenvalue weighted by Crippen LogP contribution is 2.27. The lowest BCUT2D eigenvalue weighted by molar-refractivity contribution is -0.150. The molecule has 1 aliphatic heterocycles. The number of hydrogen-bond donors (Lipinski definition) is 1. The van der Waals surface area contributed by atoms with E-state index in [0.717, 1.165) is 19.5 Å². The monoisotopic (exact) mass is 473 g/mol. The van der Waals surface area contributed by atoms with E-state index in [1.165, 1.54) is 23.1 Å². The van der Waals surface area contributed by atoms with Gasteiger partial charge in [0.15, 0.2) is 0 Å². The van der Waals surface area contributed by atoms with Crippen LogP contribution in [0.4, 0.5) is 18.9 Å². The number of benzene rings is 1. The van der Waals surface area contributed by atoms with E-state index in [2.05, 4.69) is 31.0 Å². The zero-order chi connectivity index (χ0) is 24.8. The van der Waals surface area contributed by atoms with Crippen molar-refractivity contribution < 1.29 is 32.2 Å². The lowest BCUT2D eigenvalue weighted by atomic mass is 10.0. The first kappa shape index (κ1) is 26.9. The van der Waals surface area contributed by atoms with Crippen molar-refractivity contribution in [3.63, 3.8) is 0 Å². The van der Waals surface area contributed by atoms with Gasteiger partial charge in [0.05, 0.1) is 11.7 Å². The van der Waals surface area contributed by atoms with E-state index in [1.54, 1.807) is 14.2 Å². The molecule has 2 amide bonds. The lowest BCUT2D eigenvalue weighted by Crippen LogP contribution is -2.46. The van der Waals surface area contributed by atoms with Crippen LogP contribution in [0.3, 0.4) is 0 Å². The number of fused-ring (bicyclic) bond motifs is 1. The molecule has 1 aromatic rings. The van der Waals surface area contributed by atoms with E-state index >= 15 is 0 Å². The molecule has 1 aromatic carbocycles. The molecule has 0 saturated heterocycles. The molecule has 1 aliphatic rings. The van der Waals surface area contributed by atoms with Gasteiger partial charge < -0.3 is 19.7 Å². The average molecular weight is 474 g/mol. The molecule has 1 N–H and O–H groups in total. The Bertz CT molecular complexity index is 819. The highest BCUT2D eigenvalue weighted by Gasteiger charge is 2.32. The second kappa shape index (κ2) is 11.7. The summed E-state index contributed by atoms with van der Waals surface area (Å²) in [5.74, 6) is -1.11. The zero-order valence-electron chi connectivity index (χ0n) is 19.9. The smallest absolute Gasteiger partial charge is 0.397 e. The van der Waals surface area contributed by atoms with E-state index in [4.69, 9.17) is 9.47 Å². The van der Waals surface area contributed by atoms with Gasteiger partial charge in [0.25, 0.3) is 5.91 Å². The summed E-state index contributed by atoms with van der Waals surface area (Å²) >= 11 is 0. The molecule has 1 heterocycles. The van der Waals surface area contributed by atoms with Gasteiger partial charge in [-0.25, -0.2) is 0 Å². The molecule has 10 heteroatoms. The van der Waals surface area contributed by atoms with Crippen molar-refractivity contribution in [2.75, 3.05) is 45.7 Å². The summed E-state index contributed by atoms with van der Waals surface area (Å²) in [5, 5.41) is 2.21. The van der Waals surface area contributed by atoms with Crippen LogP contribution >= 0.6 is 0 Å². The number of halogens is 3. The molecule has 0 spiro atoms. The molecule has 33 heavy (non-hydrogen) atoms. The maximum Gasteiger partial charge on any atom is 0.397 e. The molecule has 0 aromatic heterocycles. The van der Waals surface area contributed by atoms with Gasteiger partial charge in [-0.1, -0.05) is 13.8 Å². The molecule has 0 fully saturated rings. The predicted molar refractivity (Wildman–Crippen MR) is 119 cm³/mol. The van der Waals surface area contributed by atoms with Crippen molar-refractivity contribution in [3.05, 3.63) is 23.8 Å². The van der Waals surface area contributed by atoms with Crippen LogP contribution in [0.15, 0.2) is 18.2 Å². The fourth-order valence-corrected chi connectivity index (χ4v) is 3.92. The summed E-state index contributed by atoms with van der Waals surface area (Å²) in [6.45, 7) is 8.57. The minimum atomic E-state index is -4.62. The van der Waals surface area contributed by atoms with E-state index < -0.39 is 18.5 Å². The van der Waals surface area contributed by atoms with Gasteiger partial charge in [0.2, 0.25) is 5.91 Å². The molecule has 186 valence electrons. The molecule has 2 rings (SSSR count). The standard InChI is InChI=1S/C23H34F3N3O4/c1-6-9-29-12-15(2)20(32-5)13-28(4)22(31)18-10-17(27-21(30)11-23(24,25)26)7-8-19(18)33-14-16(29)3/h7-8,10,15-16,20H,6,9,11-14H2,1-5H3,(H,27,30)/t15-,16+,20+/m0/s1. The molecule has 0 bridgehead atoms. The summed E-state index contributed by atoms with van der Waals surface area (Å²) in [6.07, 6.45) is -5.45. The third-order valence-corrected chi connectivity index (χ3v) is 5.73. The van der Waals surface area contributed by atoms with Gasteiger partial charge in [0, 0.05) is 39.0 Å². The van der Waals surface area contributed by atoms with Crippen molar-refractivity contribution in [2.24, 2.45) is 5.92 Å². The third kappa shape index (κ3) is 7.89. The van der Waals surface area contributed by atoms with Crippen molar-refractivity contribution in [1.29, 1.82) is 0 Å². The molecule has 7 nitrogen and oxygen atoms in total. The Labute approximate surface area is 193 Å². The first-order valence-corrected chi connectivity index (χ1v) is 11.1. The summed E-state index contributed by atoms with van der Waals surface area (Å²) in [7, 11) is 3.25. The van der Waals surface area contributed by atoms with Crippen LogP contribution in [-0.2, 0) is 9.53 Å². The minimum Gasteiger partial charge on any atom is -0.491 e. The Kier molecular flexibility index (Phi) is 9.54. The minimum absolute atomic E-state index is 0.0659. The number of methoxy groups -OCH3 is 1. The predicted octanol–water partition coefficient (Wildman–Crippen LogP) is 3.79. The van der Waals surface area contributed by atoms with Crippen LogP contribution < -0.4 is 10.1 Å². The van der Waals surface area contributed by atoms with Gasteiger partial charge in [-0.05, 0) is 44.0 Å². The molecule has 0 radical (unpaired) electrons. The highest BCUT2D eigenvalue weighted by molar-refractivity contribution is 5.99. The van der Waals surface area contributed by atoms with Gasteiger partial charge >= 0.3 is 6.18 Å². The van der Waals surface area contributed by atoms with Crippen molar-refractivity contribution in [1.82, 2.24) is 9.80 Å². The first-order valence-electron chi connectivity index (χ1n) is 11.1. The Morgan fingerprint density at radius 1 is 1.27 bits per heavy atom. The molecular formula is C23H34F3N3O4. The molecule has 3 atom stereocenters. The van der Waals surface area contributed by atoms with E-state index in [0.29, 0.717) is 18.9 Å². The van der Waals surface area contributed by atoms with Gasteiger partial charge in [-0.15, -0.1) is 0 Å². The Morgan fingerprint density at radius 3 is 2.58 bits per heavy atom. The number of rotatable bonds is 5. The van der Waals surface area contributed by atoms with E-state index in [9.17, 15) is 22.8 Å². The number of carbonyl (C=O) groups excluding carboxylic acids is 2. The van der Waals surface area contributed by atoms with Crippen LogP contribution in [0, 0.1) is 5.92 Å². The summed E-state index contributed by atoms with van der Waals surface area (Å²) < 4.78 is 49.2. The van der Waals surface area contributed by atoms with Gasteiger partial charge in [-0.2, -0.15) is 13.2 Å². The lowest BCUT2D eigenvalue weighted by Gasteiger charge is -2.35. The molecule has 0 unspecified atom stereocenters. The number of likely N-dealkylation sites (N-methyl/N-ethyl adjacent to an activating group) is 1. The van der Waals surface area contributed by atoms with Crippen molar-refractivity contribution in [3.8, 4) is 5.75 Å². The van der Waals surface area contributed by atoms with Crippen LogP contribution in [0.1, 0.15) is 44.0 Å². The topological polar surface area (TPSA) is 71.1 Å². The number of hydrogen-bond acceptors (Lipinski definition) is 5. The fourth-order valence-electron chi connectivity index (χ4n) is 3.92. The largest absolute Gasteiger partial charge is 0.491 e. The fraction of sp³-hybridized carbons (Fsp3) is 0.652. The van der Waals surface area contributed by atoms with Gasteiger partial charge in [-0.3, -0.25) is 14.5 Å². The first-order chi connectivity index (χ1) is 15.4. The summed E-state index contributed by atoms with van der Waals surface area (Å²) in [6, 6.07) is 4.36. The molecule has 0 saturated carbocycles. The maximum atomic E-state index is 13.2. The Hall–Kier alpha value is -2.33. The Morgan fingerprint density at radius 2 is 1.97 bits per heavy atom. The van der Waals surface area contributed by atoms with Crippen molar-refractivity contribution in [2.45, 2.75) is 51.9 Å². The second-order valence-corrected chi connectivity index (χ2v) is 8.64. The number of carbonyl (C=O) groups is 2. The van der Waals surface area contributed by atoms with Crippen LogP contribution in [0.25, 0.3) is 0 Å². The quantitative estimate of drug-likeness (QED) is 0.705. The Balaban J connectivity index is 2.37. The van der Waals surface area contributed by atoms with Gasteiger partial charge in [0.1, 0.15) is 18.8 Å². The molecule has 0 aliphatic carbocycles. The van der Waals surface area contributed by atoms with Crippen molar-refractivity contribution >= 4 is 17.5 Å². The van der Waals surface area contributed by atoms with Crippen LogP contribution in [-0.4, -0.2) is 80.3 Å². The number of alkyl halides is 3. The number of ether oxygens (including phenoxy) is 2. The summed E-state index contributed by atoms with van der Waals surface area (Å²) in [5.41, 5.74) is 0.261. The summed E-state index contributed by atoms with van der Waals surface area (Å²) in [4.78, 5) is 28.8. The number of anilines is 1. The third-order valence-electron chi connectivity index (χ3n) is 5.73. The second-order valence-electron chi connectivity index (χ2n) is 8.64. The maximum absolute atomic E-state index is 13.2. The normalized spacial score (nSPS) is 23.2. The van der Waals surface area contributed by atoms with Crippen LogP contribution in [0.2, 0.25) is 0 Å². The van der Waals surface area contributed by atoms with E-state index in [-0.39, 0.29) is 35.2 Å². The number of amides is 2.